The molecule has 0 fully saturated rings. The van der Waals surface area contributed by atoms with E-state index in [4.69, 9.17) is 30.5 Å². The second kappa shape index (κ2) is 8.93. The Morgan fingerprint density at radius 3 is 1.90 bits per heavy atom. The van der Waals surface area contributed by atoms with Crippen molar-refractivity contribution in [3.63, 3.8) is 0 Å². The Kier molecular flexibility index (Phi) is 6.35. The third-order valence-corrected chi connectivity index (χ3v) is 4.98. The Labute approximate surface area is 176 Å². The van der Waals surface area contributed by atoms with Gasteiger partial charge in [0.15, 0.2) is 11.5 Å². The van der Waals surface area contributed by atoms with Crippen LogP contribution in [0.2, 0.25) is 5.02 Å². The van der Waals surface area contributed by atoms with Crippen LogP contribution in [0.1, 0.15) is 11.1 Å². The Morgan fingerprint density at radius 2 is 1.38 bits per heavy atom. The summed E-state index contributed by atoms with van der Waals surface area (Å²) in [6.07, 6.45) is 0. The molecule has 5 heteroatoms. The van der Waals surface area contributed by atoms with Gasteiger partial charge in [0.05, 0.1) is 28.4 Å². The van der Waals surface area contributed by atoms with Crippen molar-refractivity contribution in [3.05, 3.63) is 77.3 Å². The van der Waals surface area contributed by atoms with Crippen LogP contribution in [0.25, 0.3) is 16.7 Å². The average molecular weight is 411 g/mol. The first-order valence-electron chi connectivity index (χ1n) is 8.96. The average Bonchev–Trinajstić information content (AvgIpc) is 2.77. The van der Waals surface area contributed by atoms with Crippen LogP contribution in [0.5, 0.6) is 23.0 Å². The first kappa shape index (κ1) is 20.6. The fraction of sp³-hybridized carbons (Fsp3) is 0.167. The van der Waals surface area contributed by atoms with Gasteiger partial charge in [-0.2, -0.15) is 0 Å². The molecule has 0 spiro atoms. The molecule has 0 aliphatic rings. The van der Waals surface area contributed by atoms with Crippen molar-refractivity contribution in [1.29, 1.82) is 0 Å². The third kappa shape index (κ3) is 4.03. The Bertz CT molecular complexity index is 1010. The van der Waals surface area contributed by atoms with Crippen LogP contribution in [0.4, 0.5) is 0 Å². The van der Waals surface area contributed by atoms with Gasteiger partial charge in [0.1, 0.15) is 5.75 Å². The van der Waals surface area contributed by atoms with E-state index in [1.54, 1.807) is 28.4 Å². The van der Waals surface area contributed by atoms with Gasteiger partial charge in [-0.3, -0.25) is 0 Å². The summed E-state index contributed by atoms with van der Waals surface area (Å²) in [5.74, 6) is 2.43. The first-order chi connectivity index (χ1) is 14.0. The maximum absolute atomic E-state index is 6.10. The molecule has 0 saturated heterocycles. The molecule has 0 aromatic heterocycles. The lowest BCUT2D eigenvalue weighted by Gasteiger charge is -2.21. The number of ether oxygens (including phenoxy) is 4. The van der Waals surface area contributed by atoms with Crippen molar-refractivity contribution in [2.45, 2.75) is 0 Å². The predicted molar refractivity (Wildman–Crippen MR) is 118 cm³/mol. The standard InChI is InChI=1S/C24H23ClO4/c1-15(16-8-12-19(26-2)13-9-16)20-14-21(27-3)23(28-4)24(29-5)22(20)17-6-10-18(25)11-7-17/h6-14H,1H2,2-5H3. The minimum Gasteiger partial charge on any atom is -0.497 e. The van der Waals surface area contributed by atoms with Gasteiger partial charge in [-0.1, -0.05) is 42.4 Å². The highest BCUT2D eigenvalue weighted by molar-refractivity contribution is 6.30. The SMILES string of the molecule is C=C(c1ccc(OC)cc1)c1cc(OC)c(OC)c(OC)c1-c1ccc(Cl)cc1. The monoisotopic (exact) mass is 410 g/mol. The lowest BCUT2D eigenvalue weighted by Crippen LogP contribution is -2.01. The normalized spacial score (nSPS) is 10.4. The van der Waals surface area contributed by atoms with E-state index in [0.29, 0.717) is 22.3 Å². The lowest BCUT2D eigenvalue weighted by atomic mass is 9.90. The van der Waals surface area contributed by atoms with E-state index in [1.807, 2.05) is 54.6 Å². The maximum atomic E-state index is 6.10. The molecular formula is C24H23ClO4. The van der Waals surface area contributed by atoms with Crippen molar-refractivity contribution in [2.24, 2.45) is 0 Å². The van der Waals surface area contributed by atoms with Crippen molar-refractivity contribution >= 4 is 17.2 Å². The fourth-order valence-electron chi connectivity index (χ4n) is 3.25. The van der Waals surface area contributed by atoms with E-state index in [2.05, 4.69) is 6.58 Å². The van der Waals surface area contributed by atoms with Gasteiger partial charge in [0.25, 0.3) is 0 Å². The number of rotatable bonds is 7. The summed E-state index contributed by atoms with van der Waals surface area (Å²) in [4.78, 5) is 0. The highest BCUT2D eigenvalue weighted by Crippen LogP contribution is 2.49. The molecule has 3 aromatic carbocycles. The summed E-state index contributed by atoms with van der Waals surface area (Å²) in [5.41, 5.74) is 4.42. The number of hydrogen-bond donors (Lipinski definition) is 0. The predicted octanol–water partition coefficient (Wildman–Crippen LogP) is 6.10. The van der Waals surface area contributed by atoms with E-state index in [9.17, 15) is 0 Å². The molecule has 0 unspecified atom stereocenters. The summed E-state index contributed by atoms with van der Waals surface area (Å²) < 4.78 is 22.2. The molecule has 0 radical (unpaired) electrons. The highest BCUT2D eigenvalue weighted by Gasteiger charge is 2.23. The van der Waals surface area contributed by atoms with E-state index in [-0.39, 0.29) is 0 Å². The van der Waals surface area contributed by atoms with E-state index >= 15 is 0 Å². The highest BCUT2D eigenvalue weighted by atomic mass is 35.5. The number of halogens is 1. The molecule has 0 aliphatic carbocycles. The van der Waals surface area contributed by atoms with Gasteiger partial charge in [0, 0.05) is 10.6 Å². The number of benzene rings is 3. The fourth-order valence-corrected chi connectivity index (χ4v) is 3.37. The summed E-state index contributed by atoms with van der Waals surface area (Å²) in [7, 11) is 6.43. The van der Waals surface area contributed by atoms with Crippen molar-refractivity contribution < 1.29 is 18.9 Å². The van der Waals surface area contributed by atoms with Gasteiger partial charge in [-0.05, 0) is 52.6 Å². The van der Waals surface area contributed by atoms with E-state index < -0.39 is 0 Å². The molecule has 0 bridgehead atoms. The quantitative estimate of drug-likeness (QED) is 0.471. The molecule has 0 saturated carbocycles. The molecule has 4 nitrogen and oxygen atoms in total. The molecule has 3 rings (SSSR count). The van der Waals surface area contributed by atoms with Gasteiger partial charge in [-0.15, -0.1) is 0 Å². The maximum Gasteiger partial charge on any atom is 0.203 e. The molecule has 3 aromatic rings. The number of methoxy groups -OCH3 is 4. The summed E-state index contributed by atoms with van der Waals surface area (Å²) in [6, 6.07) is 17.2. The zero-order valence-corrected chi connectivity index (χ0v) is 17.7. The van der Waals surface area contributed by atoms with Crippen LogP contribution in [0.15, 0.2) is 61.2 Å². The van der Waals surface area contributed by atoms with Gasteiger partial charge in [-0.25, -0.2) is 0 Å². The zero-order chi connectivity index (χ0) is 21.0. The minimum absolute atomic E-state index is 0.520. The Morgan fingerprint density at radius 1 is 0.759 bits per heavy atom. The largest absolute Gasteiger partial charge is 0.497 e. The first-order valence-corrected chi connectivity index (χ1v) is 9.34. The molecular weight excluding hydrogens is 388 g/mol. The van der Waals surface area contributed by atoms with Crippen molar-refractivity contribution in [2.75, 3.05) is 28.4 Å². The van der Waals surface area contributed by atoms with Crippen molar-refractivity contribution in [1.82, 2.24) is 0 Å². The summed E-state index contributed by atoms with van der Waals surface area (Å²) in [6.45, 7) is 4.34. The van der Waals surface area contributed by atoms with Crippen LogP contribution in [0.3, 0.4) is 0 Å². The van der Waals surface area contributed by atoms with Gasteiger partial charge < -0.3 is 18.9 Å². The van der Waals surface area contributed by atoms with Crippen LogP contribution >= 0.6 is 11.6 Å². The molecule has 0 amide bonds. The second-order valence-corrected chi connectivity index (χ2v) is 6.72. The smallest absolute Gasteiger partial charge is 0.203 e. The summed E-state index contributed by atoms with van der Waals surface area (Å²) >= 11 is 6.10. The van der Waals surface area contributed by atoms with Crippen LogP contribution in [-0.4, -0.2) is 28.4 Å². The van der Waals surface area contributed by atoms with Gasteiger partial charge in [0.2, 0.25) is 5.75 Å². The Balaban J connectivity index is 2.28. The molecule has 0 N–H and O–H groups in total. The van der Waals surface area contributed by atoms with Crippen LogP contribution in [0, 0.1) is 0 Å². The van der Waals surface area contributed by atoms with Crippen molar-refractivity contribution in [3.8, 4) is 34.1 Å². The zero-order valence-electron chi connectivity index (χ0n) is 16.9. The van der Waals surface area contributed by atoms with E-state index in [0.717, 1.165) is 33.6 Å². The van der Waals surface area contributed by atoms with Crippen LogP contribution < -0.4 is 18.9 Å². The minimum atomic E-state index is 0.520. The Hall–Kier alpha value is -3.11. The third-order valence-electron chi connectivity index (χ3n) is 4.73. The van der Waals surface area contributed by atoms with Crippen LogP contribution in [-0.2, 0) is 0 Å². The summed E-state index contributed by atoms with van der Waals surface area (Å²) in [5, 5.41) is 0.656. The molecule has 29 heavy (non-hydrogen) atoms. The topological polar surface area (TPSA) is 36.9 Å². The molecule has 0 aliphatic heterocycles. The van der Waals surface area contributed by atoms with E-state index in [1.165, 1.54) is 0 Å². The molecule has 0 heterocycles. The molecule has 150 valence electrons. The van der Waals surface area contributed by atoms with Gasteiger partial charge >= 0.3 is 0 Å². The second-order valence-electron chi connectivity index (χ2n) is 6.28. The molecule has 0 atom stereocenters. The lowest BCUT2D eigenvalue weighted by molar-refractivity contribution is 0.325. The number of hydrogen-bond acceptors (Lipinski definition) is 4.